The van der Waals surface area contributed by atoms with Gasteiger partial charge in [0.1, 0.15) is 0 Å². The molecule has 0 aromatic carbocycles. The second kappa shape index (κ2) is 3.75. The quantitative estimate of drug-likeness (QED) is 0.576. The van der Waals surface area contributed by atoms with Crippen LogP contribution in [0.1, 0.15) is 13.3 Å². The van der Waals surface area contributed by atoms with E-state index in [1.54, 1.807) is 0 Å². The van der Waals surface area contributed by atoms with Crippen LogP contribution in [-0.4, -0.2) is 30.6 Å². The third kappa shape index (κ3) is 2.21. The molecule has 0 amide bonds. The van der Waals surface area contributed by atoms with E-state index in [4.69, 9.17) is 12.2 Å². The molecule has 62 valence electrons. The lowest BCUT2D eigenvalue weighted by Gasteiger charge is -2.14. The minimum atomic E-state index is 0.317. The highest BCUT2D eigenvalue weighted by Crippen LogP contribution is 2.17. The van der Waals surface area contributed by atoms with Crippen molar-refractivity contribution in [2.75, 3.05) is 19.6 Å². The van der Waals surface area contributed by atoms with Crippen molar-refractivity contribution in [1.82, 2.24) is 4.90 Å². The molecule has 1 fully saturated rings. The molecule has 0 aliphatic carbocycles. The van der Waals surface area contributed by atoms with Gasteiger partial charge in [-0.3, -0.25) is 4.90 Å². The van der Waals surface area contributed by atoms with Gasteiger partial charge in [0.25, 0.3) is 0 Å². The number of hydrogen-bond acceptors (Lipinski definition) is 2. The third-order valence-corrected chi connectivity index (χ3v) is 2.37. The van der Waals surface area contributed by atoms with Crippen molar-refractivity contribution in [3.63, 3.8) is 0 Å². The van der Waals surface area contributed by atoms with E-state index in [-0.39, 0.29) is 0 Å². The van der Waals surface area contributed by atoms with Crippen LogP contribution in [0.15, 0.2) is 0 Å². The van der Waals surface area contributed by atoms with Crippen LogP contribution in [0.5, 0.6) is 0 Å². The maximum atomic E-state index is 5.78. The lowest BCUT2D eigenvalue weighted by molar-refractivity contribution is 0.351. The Kier molecular flexibility index (Phi) is 2.92. The van der Waals surface area contributed by atoms with Crippen molar-refractivity contribution < 1.29 is 0 Å². The SMILES string of the molecule is C#CCN1CCC(C(C)N)C1. The molecule has 0 spiro atoms. The van der Waals surface area contributed by atoms with Gasteiger partial charge in [-0.2, -0.15) is 0 Å². The Bertz CT molecular complexity index is 157. The molecule has 1 rings (SSSR count). The van der Waals surface area contributed by atoms with E-state index in [9.17, 15) is 0 Å². The van der Waals surface area contributed by atoms with Crippen molar-refractivity contribution in [2.24, 2.45) is 11.7 Å². The van der Waals surface area contributed by atoms with Crippen LogP contribution >= 0.6 is 0 Å². The molecule has 1 aliphatic heterocycles. The molecule has 1 aliphatic rings. The van der Waals surface area contributed by atoms with E-state index in [1.165, 1.54) is 6.42 Å². The number of nitrogens with two attached hydrogens (primary N) is 1. The van der Waals surface area contributed by atoms with Gasteiger partial charge in [0.05, 0.1) is 6.54 Å². The number of nitrogens with zero attached hydrogens (tertiary/aromatic N) is 1. The third-order valence-electron chi connectivity index (χ3n) is 2.37. The average molecular weight is 152 g/mol. The summed E-state index contributed by atoms with van der Waals surface area (Å²) in [5, 5.41) is 0. The maximum absolute atomic E-state index is 5.78. The average Bonchev–Trinajstić information content (AvgIpc) is 2.37. The molecule has 0 saturated carbocycles. The summed E-state index contributed by atoms with van der Waals surface area (Å²) in [6.07, 6.45) is 6.41. The second-order valence-corrected chi connectivity index (χ2v) is 3.35. The first-order chi connectivity index (χ1) is 5.24. The van der Waals surface area contributed by atoms with Crippen molar-refractivity contribution >= 4 is 0 Å². The van der Waals surface area contributed by atoms with Crippen molar-refractivity contribution in [2.45, 2.75) is 19.4 Å². The summed E-state index contributed by atoms with van der Waals surface area (Å²) in [6.45, 7) is 5.06. The lowest BCUT2D eigenvalue weighted by Crippen LogP contribution is -2.29. The summed E-state index contributed by atoms with van der Waals surface area (Å²) in [5.41, 5.74) is 5.78. The summed E-state index contributed by atoms with van der Waals surface area (Å²) in [6, 6.07) is 0.317. The van der Waals surface area contributed by atoms with Crippen LogP contribution in [0.2, 0.25) is 0 Å². The fourth-order valence-corrected chi connectivity index (χ4v) is 1.56. The molecular formula is C9H16N2. The first-order valence-corrected chi connectivity index (χ1v) is 4.15. The Hall–Kier alpha value is -0.520. The van der Waals surface area contributed by atoms with E-state index in [0.29, 0.717) is 12.0 Å². The highest BCUT2D eigenvalue weighted by molar-refractivity contribution is 4.91. The zero-order valence-corrected chi connectivity index (χ0v) is 7.09. The van der Waals surface area contributed by atoms with Gasteiger partial charge in [-0.05, 0) is 25.8 Å². The minimum Gasteiger partial charge on any atom is -0.328 e. The Labute approximate surface area is 68.8 Å². The van der Waals surface area contributed by atoms with E-state index < -0.39 is 0 Å². The predicted molar refractivity (Wildman–Crippen MR) is 47.0 cm³/mol. The number of rotatable bonds is 2. The Morgan fingerprint density at radius 1 is 1.82 bits per heavy atom. The van der Waals surface area contributed by atoms with E-state index >= 15 is 0 Å². The van der Waals surface area contributed by atoms with Gasteiger partial charge in [0.15, 0.2) is 0 Å². The minimum absolute atomic E-state index is 0.317. The molecule has 1 saturated heterocycles. The molecule has 2 N–H and O–H groups in total. The van der Waals surface area contributed by atoms with Crippen molar-refractivity contribution in [3.8, 4) is 12.3 Å². The zero-order chi connectivity index (χ0) is 8.27. The molecule has 11 heavy (non-hydrogen) atoms. The van der Waals surface area contributed by atoms with Crippen LogP contribution in [-0.2, 0) is 0 Å². The fraction of sp³-hybridized carbons (Fsp3) is 0.778. The molecule has 2 unspecified atom stereocenters. The number of terminal acetylenes is 1. The molecule has 0 aromatic heterocycles. The van der Waals surface area contributed by atoms with E-state index in [0.717, 1.165) is 19.6 Å². The van der Waals surface area contributed by atoms with Gasteiger partial charge >= 0.3 is 0 Å². The molecular weight excluding hydrogens is 136 g/mol. The van der Waals surface area contributed by atoms with Crippen LogP contribution < -0.4 is 5.73 Å². The number of likely N-dealkylation sites (tertiary alicyclic amines) is 1. The molecule has 0 radical (unpaired) electrons. The molecule has 1 heterocycles. The second-order valence-electron chi connectivity index (χ2n) is 3.35. The summed E-state index contributed by atoms with van der Waals surface area (Å²) in [7, 11) is 0. The first kappa shape index (κ1) is 8.58. The maximum Gasteiger partial charge on any atom is 0.0599 e. The molecule has 2 atom stereocenters. The van der Waals surface area contributed by atoms with Gasteiger partial charge in [0, 0.05) is 12.6 Å². The van der Waals surface area contributed by atoms with Gasteiger partial charge in [-0.25, -0.2) is 0 Å². The van der Waals surface area contributed by atoms with Crippen LogP contribution in [0.3, 0.4) is 0 Å². The monoisotopic (exact) mass is 152 g/mol. The molecule has 0 bridgehead atoms. The molecule has 2 heteroatoms. The highest BCUT2D eigenvalue weighted by atomic mass is 15.1. The summed E-state index contributed by atoms with van der Waals surface area (Å²) >= 11 is 0. The van der Waals surface area contributed by atoms with Crippen molar-refractivity contribution in [1.29, 1.82) is 0 Å². The summed E-state index contributed by atoms with van der Waals surface area (Å²) in [5.74, 6) is 3.31. The highest BCUT2D eigenvalue weighted by Gasteiger charge is 2.23. The number of hydrogen-bond donors (Lipinski definition) is 1. The van der Waals surface area contributed by atoms with Gasteiger partial charge < -0.3 is 5.73 Å². The van der Waals surface area contributed by atoms with Crippen LogP contribution in [0.4, 0.5) is 0 Å². The normalized spacial score (nSPS) is 28.3. The molecule has 0 aromatic rings. The Morgan fingerprint density at radius 3 is 3.00 bits per heavy atom. The van der Waals surface area contributed by atoms with Crippen LogP contribution in [0.25, 0.3) is 0 Å². The van der Waals surface area contributed by atoms with Gasteiger partial charge in [0.2, 0.25) is 0 Å². The fourth-order valence-electron chi connectivity index (χ4n) is 1.56. The predicted octanol–water partition coefficient (Wildman–Crippen LogP) is 0.289. The van der Waals surface area contributed by atoms with Gasteiger partial charge in [-0.1, -0.05) is 5.92 Å². The Morgan fingerprint density at radius 2 is 2.55 bits per heavy atom. The van der Waals surface area contributed by atoms with Crippen LogP contribution in [0, 0.1) is 18.3 Å². The Balaban J connectivity index is 2.30. The summed E-state index contributed by atoms with van der Waals surface area (Å²) in [4.78, 5) is 2.29. The van der Waals surface area contributed by atoms with E-state index in [2.05, 4.69) is 17.7 Å². The molecule has 2 nitrogen and oxygen atoms in total. The van der Waals surface area contributed by atoms with E-state index in [1.807, 2.05) is 0 Å². The standard InChI is InChI=1S/C9H16N2/c1-3-5-11-6-4-9(7-11)8(2)10/h1,8-9H,4-7,10H2,2H3. The van der Waals surface area contributed by atoms with Gasteiger partial charge in [-0.15, -0.1) is 6.42 Å². The largest absolute Gasteiger partial charge is 0.328 e. The zero-order valence-electron chi connectivity index (χ0n) is 7.09. The summed E-state index contributed by atoms with van der Waals surface area (Å²) < 4.78 is 0. The topological polar surface area (TPSA) is 29.3 Å². The smallest absolute Gasteiger partial charge is 0.0599 e. The van der Waals surface area contributed by atoms with Crippen molar-refractivity contribution in [3.05, 3.63) is 0 Å². The lowest BCUT2D eigenvalue weighted by atomic mass is 10.0. The first-order valence-electron chi connectivity index (χ1n) is 4.15.